The Labute approximate surface area is 189 Å². The van der Waals surface area contributed by atoms with Gasteiger partial charge in [-0.1, -0.05) is 30.0 Å². The third-order valence-electron chi connectivity index (χ3n) is 5.29. The molecule has 0 radical (unpaired) electrons. The molecule has 2 atom stereocenters. The summed E-state index contributed by atoms with van der Waals surface area (Å²) < 4.78 is 30.1. The van der Waals surface area contributed by atoms with Crippen LogP contribution in [0.4, 0.5) is 0 Å². The molecule has 10 heteroatoms. The first-order valence-corrected chi connectivity index (χ1v) is 12.8. The Morgan fingerprint density at radius 3 is 2.75 bits per heavy atom. The van der Waals surface area contributed by atoms with Crippen LogP contribution in [0.25, 0.3) is 16.6 Å². The molecule has 1 N–H and O–H groups in total. The minimum Gasteiger partial charge on any atom is -0.497 e. The van der Waals surface area contributed by atoms with Gasteiger partial charge in [-0.15, -0.1) is 0 Å². The van der Waals surface area contributed by atoms with E-state index in [0.717, 1.165) is 11.8 Å². The van der Waals surface area contributed by atoms with Crippen LogP contribution in [0.5, 0.6) is 5.75 Å². The van der Waals surface area contributed by atoms with Crippen molar-refractivity contribution in [2.75, 3.05) is 18.6 Å². The summed E-state index contributed by atoms with van der Waals surface area (Å²) in [4.78, 5) is 30.8. The number of aromatic nitrogens is 2. The second-order valence-corrected chi connectivity index (χ2v) is 11.2. The van der Waals surface area contributed by atoms with E-state index in [0.29, 0.717) is 33.9 Å². The van der Waals surface area contributed by atoms with Crippen molar-refractivity contribution in [3.63, 3.8) is 0 Å². The predicted molar refractivity (Wildman–Crippen MR) is 124 cm³/mol. The average Bonchev–Trinajstić information content (AvgIpc) is 3.12. The molecule has 1 fully saturated rings. The average molecular weight is 474 g/mol. The van der Waals surface area contributed by atoms with Crippen molar-refractivity contribution in [3.05, 3.63) is 58.9 Å². The van der Waals surface area contributed by atoms with Gasteiger partial charge in [-0.3, -0.25) is 14.2 Å². The second-order valence-electron chi connectivity index (χ2n) is 7.62. The van der Waals surface area contributed by atoms with Gasteiger partial charge in [0.25, 0.3) is 5.56 Å². The van der Waals surface area contributed by atoms with E-state index in [1.807, 2.05) is 0 Å². The fourth-order valence-corrected chi connectivity index (χ4v) is 6.22. The number of amides is 1. The van der Waals surface area contributed by atoms with Gasteiger partial charge in [0.1, 0.15) is 5.75 Å². The molecule has 168 valence electrons. The molecule has 4 rings (SSSR count). The van der Waals surface area contributed by atoms with E-state index in [-0.39, 0.29) is 29.0 Å². The fraction of sp³-hybridized carbons (Fsp3) is 0.318. The highest BCUT2D eigenvalue weighted by molar-refractivity contribution is 8.00. The molecular formula is C22H23N3O5S2. The lowest BCUT2D eigenvalue weighted by Gasteiger charge is -2.18. The maximum Gasteiger partial charge on any atom is 0.266 e. The van der Waals surface area contributed by atoms with Crippen LogP contribution in [0.1, 0.15) is 13.3 Å². The van der Waals surface area contributed by atoms with E-state index in [1.54, 1.807) is 62.6 Å². The maximum atomic E-state index is 13.4. The zero-order chi connectivity index (χ0) is 22.9. The topological polar surface area (TPSA) is 107 Å². The summed E-state index contributed by atoms with van der Waals surface area (Å²) in [5.74, 6) is 0.336. The first-order chi connectivity index (χ1) is 15.3. The van der Waals surface area contributed by atoms with Crippen LogP contribution in [0, 0.1) is 0 Å². The molecule has 2 heterocycles. The van der Waals surface area contributed by atoms with Crippen LogP contribution in [0.2, 0.25) is 0 Å². The molecule has 0 bridgehead atoms. The number of fused-ring (bicyclic) bond motifs is 1. The number of carbonyl (C=O) groups is 1. The van der Waals surface area contributed by atoms with E-state index in [4.69, 9.17) is 4.74 Å². The highest BCUT2D eigenvalue weighted by atomic mass is 32.2. The van der Waals surface area contributed by atoms with Crippen molar-refractivity contribution in [3.8, 4) is 11.4 Å². The molecule has 2 aromatic carbocycles. The summed E-state index contributed by atoms with van der Waals surface area (Å²) in [6.07, 6.45) is 0.411. The highest BCUT2D eigenvalue weighted by Crippen LogP contribution is 2.27. The number of nitrogens with zero attached hydrogens (tertiary/aromatic N) is 2. The second kappa shape index (κ2) is 8.95. The van der Waals surface area contributed by atoms with Gasteiger partial charge in [0.15, 0.2) is 15.0 Å². The zero-order valence-corrected chi connectivity index (χ0v) is 19.3. The minimum absolute atomic E-state index is 0.0428. The Balaban J connectivity index is 1.69. The van der Waals surface area contributed by atoms with E-state index in [1.165, 1.54) is 4.57 Å². The highest BCUT2D eigenvalue weighted by Gasteiger charge is 2.30. The molecule has 1 amide bonds. The van der Waals surface area contributed by atoms with Gasteiger partial charge in [0, 0.05) is 12.1 Å². The molecule has 1 aliphatic heterocycles. The number of methoxy groups -OCH3 is 1. The summed E-state index contributed by atoms with van der Waals surface area (Å²) in [5.41, 5.74) is 0.860. The minimum atomic E-state index is -3.10. The molecule has 0 unspecified atom stereocenters. The number of rotatable bonds is 6. The zero-order valence-electron chi connectivity index (χ0n) is 17.6. The molecule has 1 saturated heterocycles. The maximum absolute atomic E-state index is 13.4. The SMILES string of the molecule is COc1cccc(-n2c(S[C@@H](C)C(=O)N[C@@H]3CCS(=O)(=O)C3)nc3ccccc3c2=O)c1. The quantitative estimate of drug-likeness (QED) is 0.432. The van der Waals surface area contributed by atoms with E-state index in [9.17, 15) is 18.0 Å². The van der Waals surface area contributed by atoms with Crippen molar-refractivity contribution in [1.82, 2.24) is 14.9 Å². The molecule has 0 aliphatic carbocycles. The summed E-state index contributed by atoms with van der Waals surface area (Å²) in [5, 5.41) is 3.05. The predicted octanol–water partition coefficient (Wildman–Crippen LogP) is 2.18. The standard InChI is InChI=1S/C22H23N3O5S2/c1-14(20(26)23-15-10-11-32(28,29)13-15)31-22-24-19-9-4-3-8-18(19)21(27)25(22)16-6-5-7-17(12-16)30-2/h3-9,12,14-15H,10-11,13H2,1-2H3,(H,23,26)/t14-,15+/m0/s1. The number of nitrogens with one attached hydrogen (secondary N) is 1. The van der Waals surface area contributed by atoms with Crippen LogP contribution >= 0.6 is 11.8 Å². The molecule has 3 aromatic rings. The van der Waals surface area contributed by atoms with Gasteiger partial charge in [-0.05, 0) is 37.6 Å². The van der Waals surface area contributed by atoms with E-state index in [2.05, 4.69) is 10.3 Å². The summed E-state index contributed by atoms with van der Waals surface area (Å²) in [6.45, 7) is 1.71. The molecule has 32 heavy (non-hydrogen) atoms. The normalized spacial score (nSPS) is 18.4. The number of benzene rings is 2. The van der Waals surface area contributed by atoms with E-state index >= 15 is 0 Å². The summed E-state index contributed by atoms with van der Waals surface area (Å²) in [6, 6.07) is 13.7. The molecule has 8 nitrogen and oxygen atoms in total. The van der Waals surface area contributed by atoms with Gasteiger partial charge < -0.3 is 10.1 Å². The van der Waals surface area contributed by atoms with Crippen molar-refractivity contribution in [2.24, 2.45) is 0 Å². The lowest BCUT2D eigenvalue weighted by Crippen LogP contribution is -2.40. The fourth-order valence-electron chi connectivity index (χ4n) is 3.61. The van der Waals surface area contributed by atoms with Gasteiger partial charge in [0.2, 0.25) is 5.91 Å². The largest absolute Gasteiger partial charge is 0.497 e. The lowest BCUT2D eigenvalue weighted by atomic mass is 10.2. The molecule has 1 aliphatic rings. The molecular weight excluding hydrogens is 450 g/mol. The van der Waals surface area contributed by atoms with Gasteiger partial charge in [-0.2, -0.15) is 0 Å². The number of para-hydroxylation sites is 1. The lowest BCUT2D eigenvalue weighted by molar-refractivity contribution is -0.120. The Morgan fingerprint density at radius 2 is 2.03 bits per heavy atom. The number of hydrogen-bond acceptors (Lipinski definition) is 7. The number of carbonyl (C=O) groups excluding carboxylic acids is 1. The van der Waals surface area contributed by atoms with Crippen LogP contribution in [0.15, 0.2) is 58.5 Å². The van der Waals surface area contributed by atoms with Crippen LogP contribution in [0.3, 0.4) is 0 Å². The van der Waals surface area contributed by atoms with E-state index < -0.39 is 15.1 Å². The third-order valence-corrected chi connectivity index (χ3v) is 8.11. The van der Waals surface area contributed by atoms with Crippen LogP contribution in [-0.4, -0.2) is 53.8 Å². The van der Waals surface area contributed by atoms with Crippen molar-refractivity contribution in [2.45, 2.75) is 29.8 Å². The van der Waals surface area contributed by atoms with Crippen LogP contribution in [-0.2, 0) is 14.6 Å². The van der Waals surface area contributed by atoms with Crippen molar-refractivity contribution >= 4 is 38.4 Å². The molecule has 0 spiro atoms. The Kier molecular flexibility index (Phi) is 6.25. The monoisotopic (exact) mass is 473 g/mol. The van der Waals surface area contributed by atoms with Crippen LogP contribution < -0.4 is 15.6 Å². The number of sulfone groups is 1. The summed E-state index contributed by atoms with van der Waals surface area (Å²) in [7, 11) is -1.55. The number of thioether (sulfide) groups is 1. The smallest absolute Gasteiger partial charge is 0.266 e. The Bertz CT molecular complexity index is 1340. The first kappa shape index (κ1) is 22.3. The number of hydrogen-bond donors (Lipinski definition) is 1. The molecule has 1 aromatic heterocycles. The Hall–Kier alpha value is -2.85. The van der Waals surface area contributed by atoms with Crippen molar-refractivity contribution in [1.29, 1.82) is 0 Å². The van der Waals surface area contributed by atoms with Gasteiger partial charge in [0.05, 0.1) is 40.5 Å². The summed E-state index contributed by atoms with van der Waals surface area (Å²) >= 11 is 1.15. The van der Waals surface area contributed by atoms with Gasteiger partial charge >= 0.3 is 0 Å². The first-order valence-electron chi connectivity index (χ1n) is 10.1. The van der Waals surface area contributed by atoms with Crippen molar-refractivity contribution < 1.29 is 17.9 Å². The van der Waals surface area contributed by atoms with Gasteiger partial charge in [-0.25, -0.2) is 13.4 Å². The third kappa shape index (κ3) is 4.66. The Morgan fingerprint density at radius 1 is 1.25 bits per heavy atom. The molecule has 0 saturated carbocycles. The number of ether oxygens (including phenoxy) is 1.